The fourth-order valence-corrected chi connectivity index (χ4v) is 5.53. The minimum atomic E-state index is 0.191. The Hall–Kier alpha value is -1.55. The van der Waals surface area contributed by atoms with E-state index in [0.717, 1.165) is 32.5 Å². The Kier molecular flexibility index (Phi) is 5.21. The van der Waals surface area contributed by atoms with Crippen LogP contribution in [0, 0.1) is 5.41 Å². The van der Waals surface area contributed by atoms with Crippen LogP contribution in [0.2, 0.25) is 0 Å². The Morgan fingerprint density at radius 1 is 1.08 bits per heavy atom. The van der Waals surface area contributed by atoms with E-state index in [0.29, 0.717) is 11.5 Å². The van der Waals surface area contributed by atoms with Crippen molar-refractivity contribution in [3.8, 4) is 0 Å². The van der Waals surface area contributed by atoms with E-state index < -0.39 is 0 Å². The SMILES string of the molecule is CN[C@@H]1CCN(C(=O)N2CCCC3(CCCC3)C2)[C@H](c2ccccc2)C1. The first-order valence-electron chi connectivity index (χ1n) is 10.5. The number of benzene rings is 1. The monoisotopic (exact) mass is 355 g/mol. The molecule has 0 bridgehead atoms. The molecule has 0 radical (unpaired) electrons. The lowest BCUT2D eigenvalue weighted by atomic mass is 9.78. The molecule has 2 amide bonds. The van der Waals surface area contributed by atoms with Gasteiger partial charge in [-0.1, -0.05) is 43.2 Å². The summed E-state index contributed by atoms with van der Waals surface area (Å²) >= 11 is 0. The summed E-state index contributed by atoms with van der Waals surface area (Å²) in [5.41, 5.74) is 1.70. The molecule has 1 aromatic carbocycles. The van der Waals surface area contributed by atoms with Crippen molar-refractivity contribution in [1.29, 1.82) is 0 Å². The first-order chi connectivity index (χ1) is 12.7. The minimum absolute atomic E-state index is 0.191. The maximum absolute atomic E-state index is 13.5. The predicted octanol–water partition coefficient (Wildman–Crippen LogP) is 4.19. The molecule has 0 unspecified atom stereocenters. The largest absolute Gasteiger partial charge is 0.324 e. The van der Waals surface area contributed by atoms with Crippen LogP contribution < -0.4 is 5.32 Å². The molecule has 0 aromatic heterocycles. The fraction of sp³-hybridized carbons (Fsp3) is 0.682. The first kappa shape index (κ1) is 17.8. The standard InChI is InChI=1S/C22H33N3O/c1-23-19-10-15-25(20(16-19)18-8-3-2-4-9-18)21(26)24-14-7-13-22(17-24)11-5-6-12-22/h2-4,8-9,19-20,23H,5-7,10-17H2,1H3/t19-,20+/m1/s1. The molecule has 1 N–H and O–H groups in total. The zero-order chi connectivity index (χ0) is 18.0. The molecule has 4 nitrogen and oxygen atoms in total. The average molecular weight is 356 g/mol. The van der Waals surface area contributed by atoms with Crippen LogP contribution in [0.25, 0.3) is 0 Å². The van der Waals surface area contributed by atoms with Crippen molar-refractivity contribution < 1.29 is 4.79 Å². The topological polar surface area (TPSA) is 35.6 Å². The van der Waals surface area contributed by atoms with Crippen molar-refractivity contribution in [3.63, 3.8) is 0 Å². The molecule has 2 aliphatic heterocycles. The van der Waals surface area contributed by atoms with Gasteiger partial charge in [0.25, 0.3) is 0 Å². The van der Waals surface area contributed by atoms with Crippen molar-refractivity contribution in [2.75, 3.05) is 26.7 Å². The normalized spacial score (nSPS) is 28.5. The second kappa shape index (κ2) is 7.59. The van der Waals surface area contributed by atoms with Gasteiger partial charge in [0.1, 0.15) is 0 Å². The number of nitrogens with zero attached hydrogens (tertiary/aromatic N) is 2. The van der Waals surface area contributed by atoms with E-state index in [1.54, 1.807) is 0 Å². The molecule has 1 saturated carbocycles. The Labute approximate surface area is 157 Å². The molecular formula is C22H33N3O. The number of amides is 2. The number of rotatable bonds is 2. The number of carbonyl (C=O) groups excluding carboxylic acids is 1. The van der Waals surface area contributed by atoms with Crippen LogP contribution in [0.4, 0.5) is 4.79 Å². The van der Waals surface area contributed by atoms with Crippen LogP contribution in [-0.2, 0) is 0 Å². The average Bonchev–Trinajstić information content (AvgIpc) is 3.15. The molecular weight excluding hydrogens is 322 g/mol. The van der Waals surface area contributed by atoms with Crippen molar-refractivity contribution in [2.45, 2.75) is 63.5 Å². The van der Waals surface area contributed by atoms with Gasteiger partial charge in [0.05, 0.1) is 6.04 Å². The Balaban J connectivity index is 1.53. The molecule has 26 heavy (non-hydrogen) atoms. The van der Waals surface area contributed by atoms with Crippen LogP contribution >= 0.6 is 0 Å². The maximum Gasteiger partial charge on any atom is 0.320 e. The molecule has 142 valence electrons. The predicted molar refractivity (Wildman–Crippen MR) is 105 cm³/mol. The summed E-state index contributed by atoms with van der Waals surface area (Å²) in [5.74, 6) is 0. The van der Waals surface area contributed by atoms with Gasteiger partial charge in [-0.15, -0.1) is 0 Å². The highest BCUT2D eigenvalue weighted by molar-refractivity contribution is 5.75. The number of carbonyl (C=O) groups is 1. The molecule has 1 aliphatic carbocycles. The van der Waals surface area contributed by atoms with E-state index >= 15 is 0 Å². The number of urea groups is 1. The summed E-state index contributed by atoms with van der Waals surface area (Å²) in [6.07, 6.45) is 9.89. The van der Waals surface area contributed by atoms with E-state index in [1.807, 2.05) is 7.05 Å². The number of nitrogens with one attached hydrogen (secondary N) is 1. The Bertz CT molecular complexity index is 611. The molecule has 4 rings (SSSR count). The molecule has 1 spiro atoms. The molecule has 1 aromatic rings. The van der Waals surface area contributed by atoms with Gasteiger partial charge >= 0.3 is 6.03 Å². The third kappa shape index (κ3) is 3.48. The van der Waals surface area contributed by atoms with Crippen LogP contribution in [0.5, 0.6) is 0 Å². The van der Waals surface area contributed by atoms with E-state index in [9.17, 15) is 4.79 Å². The Morgan fingerprint density at radius 2 is 1.81 bits per heavy atom. The summed E-state index contributed by atoms with van der Waals surface area (Å²) < 4.78 is 0. The molecule has 3 fully saturated rings. The van der Waals surface area contributed by atoms with Crippen LogP contribution in [0.1, 0.15) is 63.0 Å². The van der Waals surface area contributed by atoms with E-state index in [1.165, 1.54) is 44.1 Å². The van der Waals surface area contributed by atoms with Crippen LogP contribution in [-0.4, -0.2) is 48.6 Å². The summed E-state index contributed by atoms with van der Waals surface area (Å²) in [6, 6.07) is 11.6. The maximum atomic E-state index is 13.5. The van der Waals surface area contributed by atoms with E-state index in [-0.39, 0.29) is 12.1 Å². The molecule has 2 saturated heterocycles. The Morgan fingerprint density at radius 3 is 2.54 bits per heavy atom. The summed E-state index contributed by atoms with van der Waals surface area (Å²) in [7, 11) is 2.04. The van der Waals surface area contributed by atoms with Crippen LogP contribution in [0.15, 0.2) is 30.3 Å². The van der Waals surface area contributed by atoms with E-state index in [2.05, 4.69) is 45.4 Å². The molecule has 4 heteroatoms. The van der Waals surface area contributed by atoms with Gasteiger partial charge in [-0.25, -0.2) is 4.79 Å². The zero-order valence-electron chi connectivity index (χ0n) is 16.1. The van der Waals surface area contributed by atoms with Crippen molar-refractivity contribution >= 4 is 6.03 Å². The lowest BCUT2D eigenvalue weighted by Gasteiger charge is -2.46. The molecule has 2 heterocycles. The van der Waals surface area contributed by atoms with Gasteiger partial charge < -0.3 is 15.1 Å². The van der Waals surface area contributed by atoms with Gasteiger partial charge in [-0.3, -0.25) is 0 Å². The van der Waals surface area contributed by atoms with Crippen molar-refractivity contribution in [1.82, 2.24) is 15.1 Å². The van der Waals surface area contributed by atoms with Gasteiger partial charge in [-0.2, -0.15) is 0 Å². The van der Waals surface area contributed by atoms with Crippen molar-refractivity contribution in [2.24, 2.45) is 5.41 Å². The third-order valence-corrected chi connectivity index (χ3v) is 7.04. The quantitative estimate of drug-likeness (QED) is 0.863. The van der Waals surface area contributed by atoms with Gasteiger partial charge in [0.2, 0.25) is 0 Å². The first-order valence-corrected chi connectivity index (χ1v) is 10.5. The van der Waals surface area contributed by atoms with Crippen LogP contribution in [0.3, 0.4) is 0 Å². The summed E-state index contributed by atoms with van der Waals surface area (Å²) in [4.78, 5) is 17.9. The zero-order valence-corrected chi connectivity index (χ0v) is 16.1. The fourth-order valence-electron chi connectivity index (χ4n) is 5.53. The van der Waals surface area contributed by atoms with Crippen molar-refractivity contribution in [3.05, 3.63) is 35.9 Å². The molecule has 2 atom stereocenters. The highest BCUT2D eigenvalue weighted by Gasteiger charge is 2.42. The smallest absolute Gasteiger partial charge is 0.320 e. The minimum Gasteiger partial charge on any atom is -0.324 e. The van der Waals surface area contributed by atoms with Gasteiger partial charge in [0, 0.05) is 25.7 Å². The number of likely N-dealkylation sites (tertiary alicyclic amines) is 2. The number of piperidine rings is 2. The highest BCUT2D eigenvalue weighted by atomic mass is 16.2. The number of hydrogen-bond acceptors (Lipinski definition) is 2. The van der Waals surface area contributed by atoms with E-state index in [4.69, 9.17) is 0 Å². The second-order valence-electron chi connectivity index (χ2n) is 8.64. The number of hydrogen-bond donors (Lipinski definition) is 1. The van der Waals surface area contributed by atoms with Gasteiger partial charge in [0.15, 0.2) is 0 Å². The lowest BCUT2D eigenvalue weighted by molar-refractivity contribution is 0.0654. The second-order valence-corrected chi connectivity index (χ2v) is 8.64. The third-order valence-electron chi connectivity index (χ3n) is 7.04. The highest BCUT2D eigenvalue weighted by Crippen LogP contribution is 2.45. The molecule has 3 aliphatic rings. The lowest BCUT2D eigenvalue weighted by Crippen LogP contribution is -2.54. The van der Waals surface area contributed by atoms with Gasteiger partial charge in [-0.05, 0) is 56.6 Å². The summed E-state index contributed by atoms with van der Waals surface area (Å²) in [6.45, 7) is 2.78. The summed E-state index contributed by atoms with van der Waals surface area (Å²) in [5, 5.41) is 3.43.